The van der Waals surface area contributed by atoms with Gasteiger partial charge in [-0.25, -0.2) is 17.2 Å². The van der Waals surface area contributed by atoms with Crippen LogP contribution in [0.3, 0.4) is 0 Å². The van der Waals surface area contributed by atoms with Crippen LogP contribution in [0.25, 0.3) is 5.57 Å². The van der Waals surface area contributed by atoms with E-state index in [9.17, 15) is 61.9 Å². The van der Waals surface area contributed by atoms with E-state index in [2.05, 4.69) is 95.1 Å². The molecule has 6 aromatic rings. The molecule has 1 fully saturated rings. The van der Waals surface area contributed by atoms with Gasteiger partial charge in [0.15, 0.2) is 15.5 Å². The molecule has 15 nitrogen and oxygen atoms in total. The lowest BCUT2D eigenvalue weighted by Gasteiger charge is -2.22. The van der Waals surface area contributed by atoms with Gasteiger partial charge in [-0.3, -0.25) is 23.6 Å². The van der Waals surface area contributed by atoms with Gasteiger partial charge >= 0.3 is 12.4 Å². The van der Waals surface area contributed by atoms with Gasteiger partial charge in [0.05, 0.1) is 41.8 Å². The number of fused-ring (bicyclic) bond motifs is 8. The van der Waals surface area contributed by atoms with E-state index in [1.165, 1.54) is 45.2 Å². The third-order valence-electron chi connectivity index (χ3n) is 17.2. The highest BCUT2D eigenvalue weighted by Gasteiger charge is 2.70. The number of carbonyl (C=O) groups is 2. The molecular formula is C67H82F10N10O5S. The standard InChI is InChI=1S/C13H15N.C12H14F4N2.C12H15NO2.C11H12FNO.C10H14F2N2O2S.C9H12F3N3/c1-9(2)12-8-10(3)14-13-7-5-4-6-11(12)13;1-5(2)18-7-4-6-9(11(6,3)13)8(7)10(17-18)12(14,15)16;1-7(2)11-9-6-8(15-3)4-5-10(9)13-12(11)14;1-6(2)10-8-5-7(12)3-4-9(8)13-11(10)14;1-6(2)14-8-5-17(15,16)4-7(8)9(13-14)10(3,11)12;1-5(2)15-8(9(10,11)12)6-3-13-4-7(6)14-15/h4-9,14H,3H2,1-2H3;5-6,9H,4H2,1-3H3;4-7,11H,1-3H3,(H,13,14);3-6,10H,1-2H3,(H,13,14);6H,4-5H2,1-3H3;5,13H,3-4H2,1-2H3. The molecule has 13 rings (SSSR count). The van der Waals surface area contributed by atoms with E-state index in [4.69, 9.17) is 4.74 Å². The highest BCUT2D eigenvalue weighted by molar-refractivity contribution is 7.90. The van der Waals surface area contributed by atoms with Crippen molar-refractivity contribution in [3.63, 3.8) is 0 Å². The topological polar surface area (TPSA) is 179 Å². The Hall–Kier alpha value is -7.48. The number of allylic oxidation sites excluding steroid dienone is 2. The summed E-state index contributed by atoms with van der Waals surface area (Å²) < 4.78 is 163. The van der Waals surface area contributed by atoms with Crippen LogP contribution in [0.2, 0.25) is 0 Å². The Balaban J connectivity index is 0.000000144. The van der Waals surface area contributed by atoms with Gasteiger partial charge in [0.1, 0.15) is 28.6 Å². The maximum absolute atomic E-state index is 14.0. The second-order valence-corrected chi connectivity index (χ2v) is 28.5. The zero-order valence-electron chi connectivity index (χ0n) is 54.8. The normalized spacial score (nSPS) is 20.8. The fourth-order valence-corrected chi connectivity index (χ4v) is 14.5. The van der Waals surface area contributed by atoms with Gasteiger partial charge in [0.2, 0.25) is 11.8 Å². The number of rotatable bonds is 8. The molecule has 7 aliphatic rings. The molecule has 5 atom stereocenters. The number of nitrogens with zero attached hydrogens (tertiary/aromatic N) is 6. The van der Waals surface area contributed by atoms with E-state index in [1.807, 2.05) is 38.1 Å². The number of alkyl halides is 9. The van der Waals surface area contributed by atoms with Gasteiger partial charge < -0.3 is 26.0 Å². The Morgan fingerprint density at radius 2 is 1.22 bits per heavy atom. The lowest BCUT2D eigenvalue weighted by molar-refractivity contribution is -0.145. The third kappa shape index (κ3) is 15.1. The maximum Gasteiger partial charge on any atom is 0.435 e. The number of nitrogens with one attached hydrogen (secondary N) is 4. The number of para-hydroxylation sites is 1. The molecule has 2 amide bonds. The van der Waals surface area contributed by atoms with Crippen molar-refractivity contribution < 1.29 is 66.6 Å². The van der Waals surface area contributed by atoms with Crippen LogP contribution in [-0.4, -0.2) is 62.4 Å². The number of anilines is 3. The first-order valence-electron chi connectivity index (χ1n) is 30.9. The highest BCUT2D eigenvalue weighted by Crippen LogP contribution is 2.68. The number of benzene rings is 3. The van der Waals surface area contributed by atoms with Crippen LogP contribution in [0, 0.1) is 29.5 Å². The number of carbonyl (C=O) groups excluding carboxylic acids is 2. The van der Waals surface area contributed by atoms with E-state index in [0.717, 1.165) is 45.6 Å². The predicted molar refractivity (Wildman–Crippen MR) is 338 cm³/mol. The molecule has 0 radical (unpaired) electrons. The second-order valence-electron chi connectivity index (χ2n) is 26.4. The first-order chi connectivity index (χ1) is 43.1. The Labute approximate surface area is 536 Å². The van der Waals surface area contributed by atoms with E-state index in [-0.39, 0.29) is 88.6 Å². The molecular weight excluding hydrogens is 1250 g/mol. The fraction of sp³-hybridized carbons (Fsp3) is 0.507. The summed E-state index contributed by atoms with van der Waals surface area (Å²) in [5.74, 6) is -3.17. The molecule has 0 saturated heterocycles. The number of hydrogen-bond acceptors (Lipinski definition) is 10. The molecule has 26 heteroatoms. The largest absolute Gasteiger partial charge is 0.497 e. The highest BCUT2D eigenvalue weighted by atomic mass is 32.2. The molecule has 5 aliphatic heterocycles. The number of methoxy groups -OCH3 is 1. The lowest BCUT2D eigenvalue weighted by Crippen LogP contribution is -2.19. The summed E-state index contributed by atoms with van der Waals surface area (Å²) >= 11 is 0. The van der Waals surface area contributed by atoms with Crippen molar-refractivity contribution in [2.24, 2.45) is 23.7 Å². The average molecular weight is 1330 g/mol. The smallest absolute Gasteiger partial charge is 0.435 e. The van der Waals surface area contributed by atoms with Gasteiger partial charge in [-0.1, -0.05) is 66.3 Å². The lowest BCUT2D eigenvalue weighted by atomic mass is 9.90. The number of hydrogen-bond donors (Lipinski definition) is 4. The van der Waals surface area contributed by atoms with Crippen LogP contribution in [0.1, 0.15) is 200 Å². The molecule has 0 spiro atoms. The van der Waals surface area contributed by atoms with Crippen molar-refractivity contribution in [1.29, 1.82) is 0 Å². The van der Waals surface area contributed by atoms with E-state index < -0.39 is 56.8 Å². The second kappa shape index (κ2) is 26.7. The van der Waals surface area contributed by atoms with E-state index in [0.29, 0.717) is 47.4 Å². The molecule has 93 heavy (non-hydrogen) atoms. The maximum atomic E-state index is 14.0. The molecule has 2 aliphatic carbocycles. The van der Waals surface area contributed by atoms with Crippen molar-refractivity contribution in [1.82, 2.24) is 34.7 Å². The van der Waals surface area contributed by atoms with Crippen molar-refractivity contribution in [2.45, 2.75) is 188 Å². The SMILES string of the molecule is C=C1C=C(C(C)C)c2ccccc2N1.CC(C)C1C(=O)Nc2ccc(F)cc21.CC(C)n1nc(C(C)(F)F)c2c1CS(=O)(=O)C2.CC(C)n1nc(C(F)(F)F)c2c1CC1C2C1(C)F.CC(C)n1nc2c(c1C(F)(F)F)CNC2.COc1ccc2c(c1)C(C(C)C)C(=O)N2. The minimum atomic E-state index is -4.50. The van der Waals surface area contributed by atoms with Gasteiger partial charge in [-0.2, -0.15) is 50.4 Å². The van der Waals surface area contributed by atoms with Crippen molar-refractivity contribution in [3.05, 3.63) is 152 Å². The summed E-state index contributed by atoms with van der Waals surface area (Å²) in [4.78, 5) is 23.3. The van der Waals surface area contributed by atoms with Gasteiger partial charge in [-0.05, 0) is 138 Å². The Morgan fingerprint density at radius 1 is 0.667 bits per heavy atom. The Morgan fingerprint density at radius 3 is 1.74 bits per heavy atom. The quantitative estimate of drug-likeness (QED) is 0.107. The van der Waals surface area contributed by atoms with Crippen molar-refractivity contribution >= 4 is 44.3 Å². The average Bonchev–Trinajstić information content (AvgIpc) is 1.51. The molecule has 0 bridgehead atoms. The van der Waals surface area contributed by atoms with Crippen LogP contribution in [-0.2, 0) is 68.7 Å². The zero-order chi connectivity index (χ0) is 69.1. The summed E-state index contributed by atoms with van der Waals surface area (Å²) in [6.07, 6.45) is -6.32. The summed E-state index contributed by atoms with van der Waals surface area (Å²) in [5, 5.41) is 23.3. The Bertz CT molecular complexity index is 3940. The first kappa shape index (κ1) is 71.4. The van der Waals surface area contributed by atoms with Gasteiger partial charge in [0.25, 0.3) is 5.92 Å². The minimum Gasteiger partial charge on any atom is -0.497 e. The molecule has 5 unspecified atom stereocenters. The summed E-state index contributed by atoms with van der Waals surface area (Å²) in [6.45, 7) is 29.8. The summed E-state index contributed by atoms with van der Waals surface area (Å²) in [5.41, 5.74) is 7.03. The van der Waals surface area contributed by atoms with Crippen LogP contribution in [0.15, 0.2) is 79.0 Å². The Kier molecular flexibility index (Phi) is 20.5. The number of sulfone groups is 1. The van der Waals surface area contributed by atoms with E-state index in [1.54, 1.807) is 54.7 Å². The van der Waals surface area contributed by atoms with Crippen LogP contribution < -0.4 is 26.0 Å². The minimum absolute atomic E-state index is 0.0272. The summed E-state index contributed by atoms with van der Waals surface area (Å²) in [6, 6.07) is 17.9. The van der Waals surface area contributed by atoms with Crippen LogP contribution in [0.5, 0.6) is 5.75 Å². The third-order valence-corrected chi connectivity index (χ3v) is 18.6. The first-order valence-corrected chi connectivity index (χ1v) is 32.7. The number of halogens is 10. The molecule has 8 heterocycles. The summed E-state index contributed by atoms with van der Waals surface area (Å²) in [7, 11) is -1.66. The molecule has 3 aromatic heterocycles. The van der Waals surface area contributed by atoms with Crippen LogP contribution in [0.4, 0.5) is 61.0 Å². The van der Waals surface area contributed by atoms with Crippen molar-refractivity contribution in [3.8, 4) is 5.75 Å². The van der Waals surface area contributed by atoms with Crippen LogP contribution >= 0.6 is 0 Å². The monoisotopic (exact) mass is 1330 g/mol. The van der Waals surface area contributed by atoms with Gasteiger partial charge in [-0.15, -0.1) is 0 Å². The fourth-order valence-electron chi connectivity index (χ4n) is 12.9. The predicted octanol–water partition coefficient (Wildman–Crippen LogP) is 16.1. The number of ether oxygens (including phenoxy) is 1. The molecule has 4 N–H and O–H groups in total. The molecule has 3 aromatic carbocycles. The van der Waals surface area contributed by atoms with Crippen molar-refractivity contribution in [2.75, 3.05) is 23.1 Å². The van der Waals surface area contributed by atoms with Gasteiger partial charge in [0, 0.05) is 101 Å². The number of amides is 2. The zero-order valence-corrected chi connectivity index (χ0v) is 55.6. The number of aromatic nitrogens is 6. The molecule has 1 saturated carbocycles. The molecule has 506 valence electrons. The van der Waals surface area contributed by atoms with E-state index >= 15 is 0 Å².